The topological polar surface area (TPSA) is 87.5 Å². The Morgan fingerprint density at radius 2 is 1.75 bits per heavy atom. The van der Waals surface area contributed by atoms with Gasteiger partial charge in [0.25, 0.3) is 5.91 Å². The van der Waals surface area contributed by atoms with Crippen molar-refractivity contribution < 1.29 is 18.4 Å². The quantitative estimate of drug-likeness (QED) is 0.710. The Bertz CT molecular complexity index is 883. The third-order valence-electron chi connectivity index (χ3n) is 4.63. The lowest BCUT2D eigenvalue weighted by molar-refractivity contribution is -0.114. The minimum absolute atomic E-state index is 0.237. The number of piperidine rings is 1. The summed E-state index contributed by atoms with van der Waals surface area (Å²) in [5.74, 6) is -2.59. The number of rotatable bonds is 6. The third-order valence-corrected chi connectivity index (χ3v) is 4.63. The molecule has 0 radical (unpaired) electrons. The Labute approximate surface area is 161 Å². The van der Waals surface area contributed by atoms with Crippen LogP contribution in [-0.2, 0) is 4.79 Å². The van der Waals surface area contributed by atoms with Crippen LogP contribution in [0.25, 0.3) is 0 Å². The molecule has 0 bridgehead atoms. The van der Waals surface area contributed by atoms with Crippen molar-refractivity contribution in [3.63, 3.8) is 0 Å². The number of anilines is 3. The molecule has 1 saturated heterocycles. The minimum Gasteiger partial charge on any atom is -0.375 e. The Balaban J connectivity index is 1.68. The number of nitrogens with two attached hydrogens (primary N) is 1. The van der Waals surface area contributed by atoms with E-state index in [0.29, 0.717) is 5.69 Å². The molecule has 0 unspecified atom stereocenters. The lowest BCUT2D eigenvalue weighted by Crippen LogP contribution is -2.30. The van der Waals surface area contributed by atoms with Crippen molar-refractivity contribution in [3.8, 4) is 0 Å². The van der Waals surface area contributed by atoms with Gasteiger partial charge in [-0.05, 0) is 49.6 Å². The molecule has 0 atom stereocenters. The molecule has 148 valence electrons. The molecule has 2 amide bonds. The average molecular weight is 388 g/mol. The molecular weight excluding hydrogens is 366 g/mol. The van der Waals surface area contributed by atoms with Crippen molar-refractivity contribution >= 4 is 28.9 Å². The fourth-order valence-corrected chi connectivity index (χ4v) is 3.20. The Hall–Kier alpha value is -3.16. The predicted molar refractivity (Wildman–Crippen MR) is 105 cm³/mol. The largest absolute Gasteiger partial charge is 0.375 e. The van der Waals surface area contributed by atoms with E-state index in [0.717, 1.165) is 49.8 Å². The van der Waals surface area contributed by atoms with Crippen LogP contribution in [0.3, 0.4) is 0 Å². The van der Waals surface area contributed by atoms with E-state index in [2.05, 4.69) is 15.5 Å². The summed E-state index contributed by atoms with van der Waals surface area (Å²) in [5, 5.41) is 5.12. The van der Waals surface area contributed by atoms with Crippen molar-refractivity contribution in [2.75, 3.05) is 35.2 Å². The van der Waals surface area contributed by atoms with Gasteiger partial charge in [-0.2, -0.15) is 0 Å². The Kier molecular flexibility index (Phi) is 6.08. The van der Waals surface area contributed by atoms with E-state index in [-0.39, 0.29) is 17.8 Å². The SMILES string of the molecule is NC(=O)c1cc(N2CCCCC2)ccc1NCC(=O)Nc1cc(F)ccc1F. The highest BCUT2D eigenvalue weighted by molar-refractivity contribution is 6.01. The second-order valence-corrected chi connectivity index (χ2v) is 6.67. The van der Waals surface area contributed by atoms with Crippen molar-refractivity contribution in [2.45, 2.75) is 19.3 Å². The van der Waals surface area contributed by atoms with Crippen LogP contribution in [0.4, 0.5) is 25.8 Å². The van der Waals surface area contributed by atoms with Crippen LogP contribution in [0.2, 0.25) is 0 Å². The van der Waals surface area contributed by atoms with E-state index in [1.54, 1.807) is 12.1 Å². The molecular formula is C20H22F2N4O2. The summed E-state index contributed by atoms with van der Waals surface area (Å²) in [6.07, 6.45) is 3.39. The number of benzene rings is 2. The van der Waals surface area contributed by atoms with Gasteiger partial charge in [0.15, 0.2) is 0 Å². The van der Waals surface area contributed by atoms with Gasteiger partial charge in [0, 0.05) is 30.5 Å². The van der Waals surface area contributed by atoms with E-state index in [4.69, 9.17) is 5.73 Å². The first-order chi connectivity index (χ1) is 13.4. The summed E-state index contributed by atoms with van der Waals surface area (Å²) in [4.78, 5) is 26.1. The number of halogens is 2. The highest BCUT2D eigenvalue weighted by Gasteiger charge is 2.16. The molecule has 2 aromatic carbocycles. The molecule has 0 aromatic heterocycles. The number of primary amides is 1. The van der Waals surface area contributed by atoms with Gasteiger partial charge in [-0.3, -0.25) is 9.59 Å². The van der Waals surface area contributed by atoms with Gasteiger partial charge in [0.1, 0.15) is 11.6 Å². The maximum Gasteiger partial charge on any atom is 0.250 e. The fraction of sp³-hybridized carbons (Fsp3) is 0.300. The molecule has 4 N–H and O–H groups in total. The standard InChI is InChI=1S/C20H22F2N4O2/c21-13-4-6-16(22)18(10-13)25-19(27)12-24-17-7-5-14(11-15(17)20(23)28)26-8-2-1-3-9-26/h4-7,10-11,24H,1-3,8-9,12H2,(H2,23,28)(H,25,27). The zero-order valence-electron chi connectivity index (χ0n) is 15.3. The van der Waals surface area contributed by atoms with Crippen LogP contribution in [0.15, 0.2) is 36.4 Å². The molecule has 8 heteroatoms. The van der Waals surface area contributed by atoms with Crippen molar-refractivity contribution in [1.29, 1.82) is 0 Å². The van der Waals surface area contributed by atoms with Crippen LogP contribution < -0.4 is 21.3 Å². The predicted octanol–water partition coefficient (Wildman–Crippen LogP) is 3.10. The van der Waals surface area contributed by atoms with E-state index in [1.165, 1.54) is 6.42 Å². The monoisotopic (exact) mass is 388 g/mol. The summed E-state index contributed by atoms with van der Waals surface area (Å²) in [5.41, 5.74) is 6.83. The lowest BCUT2D eigenvalue weighted by atomic mass is 10.1. The van der Waals surface area contributed by atoms with E-state index >= 15 is 0 Å². The van der Waals surface area contributed by atoms with E-state index in [1.807, 2.05) is 6.07 Å². The maximum absolute atomic E-state index is 13.6. The summed E-state index contributed by atoms with van der Waals surface area (Å²) < 4.78 is 26.8. The van der Waals surface area contributed by atoms with Gasteiger partial charge in [0.05, 0.1) is 17.8 Å². The van der Waals surface area contributed by atoms with Crippen LogP contribution in [-0.4, -0.2) is 31.4 Å². The van der Waals surface area contributed by atoms with E-state index < -0.39 is 23.4 Å². The highest BCUT2D eigenvalue weighted by atomic mass is 19.1. The molecule has 1 aliphatic rings. The van der Waals surface area contributed by atoms with Crippen molar-refractivity contribution in [3.05, 3.63) is 53.6 Å². The number of nitrogens with one attached hydrogen (secondary N) is 2. The number of hydrogen-bond acceptors (Lipinski definition) is 4. The molecule has 1 heterocycles. The normalized spacial score (nSPS) is 13.9. The van der Waals surface area contributed by atoms with Crippen molar-refractivity contribution in [1.82, 2.24) is 0 Å². The molecule has 1 aliphatic heterocycles. The summed E-state index contributed by atoms with van der Waals surface area (Å²) in [6.45, 7) is 1.61. The van der Waals surface area contributed by atoms with Crippen LogP contribution in [0.1, 0.15) is 29.6 Å². The minimum atomic E-state index is -0.738. The first kappa shape index (κ1) is 19.6. The van der Waals surface area contributed by atoms with Gasteiger partial charge in [-0.15, -0.1) is 0 Å². The van der Waals surface area contributed by atoms with Gasteiger partial charge < -0.3 is 21.3 Å². The number of nitrogens with zero attached hydrogens (tertiary/aromatic N) is 1. The maximum atomic E-state index is 13.6. The average Bonchev–Trinajstić information content (AvgIpc) is 2.69. The molecule has 0 spiro atoms. The lowest BCUT2D eigenvalue weighted by Gasteiger charge is -2.29. The first-order valence-corrected chi connectivity index (χ1v) is 9.11. The number of hydrogen-bond donors (Lipinski definition) is 3. The molecule has 3 rings (SSSR count). The molecule has 1 fully saturated rings. The first-order valence-electron chi connectivity index (χ1n) is 9.11. The second-order valence-electron chi connectivity index (χ2n) is 6.67. The summed E-state index contributed by atoms with van der Waals surface area (Å²) >= 11 is 0. The summed E-state index contributed by atoms with van der Waals surface area (Å²) in [6, 6.07) is 8.06. The molecule has 6 nitrogen and oxygen atoms in total. The number of carbonyl (C=O) groups excluding carboxylic acids is 2. The van der Waals surface area contributed by atoms with Gasteiger partial charge in [0.2, 0.25) is 5.91 Å². The Morgan fingerprint density at radius 3 is 2.46 bits per heavy atom. The second kappa shape index (κ2) is 8.69. The summed E-state index contributed by atoms with van der Waals surface area (Å²) in [7, 11) is 0. The number of amides is 2. The number of carbonyl (C=O) groups is 2. The zero-order chi connectivity index (χ0) is 20.1. The van der Waals surface area contributed by atoms with Gasteiger partial charge in [-0.25, -0.2) is 8.78 Å². The molecule has 0 saturated carbocycles. The highest BCUT2D eigenvalue weighted by Crippen LogP contribution is 2.25. The van der Waals surface area contributed by atoms with Crippen LogP contribution in [0, 0.1) is 11.6 Å². The Morgan fingerprint density at radius 1 is 1.00 bits per heavy atom. The van der Waals surface area contributed by atoms with Crippen LogP contribution >= 0.6 is 0 Å². The fourth-order valence-electron chi connectivity index (χ4n) is 3.20. The van der Waals surface area contributed by atoms with Crippen molar-refractivity contribution in [2.24, 2.45) is 5.73 Å². The molecule has 2 aromatic rings. The third kappa shape index (κ3) is 4.76. The van der Waals surface area contributed by atoms with Gasteiger partial charge >= 0.3 is 0 Å². The van der Waals surface area contributed by atoms with Crippen LogP contribution in [0.5, 0.6) is 0 Å². The molecule has 0 aliphatic carbocycles. The van der Waals surface area contributed by atoms with E-state index in [9.17, 15) is 18.4 Å². The zero-order valence-corrected chi connectivity index (χ0v) is 15.3. The smallest absolute Gasteiger partial charge is 0.250 e. The van der Waals surface area contributed by atoms with Gasteiger partial charge in [-0.1, -0.05) is 0 Å². The molecule has 28 heavy (non-hydrogen) atoms.